The molecule has 0 spiro atoms. The number of para-hydroxylation sites is 1. The van der Waals surface area contributed by atoms with Gasteiger partial charge in [-0.2, -0.15) is 0 Å². The van der Waals surface area contributed by atoms with E-state index in [4.69, 9.17) is 9.84 Å². The normalized spacial score (nSPS) is 18.5. The molecule has 1 aliphatic rings. The summed E-state index contributed by atoms with van der Waals surface area (Å²) in [7, 11) is 1.37. The maximum absolute atomic E-state index is 12.3. The molecule has 0 saturated carbocycles. The first kappa shape index (κ1) is 17.9. The fraction of sp³-hybridized carbons (Fsp3) is 0.471. The number of carbonyl (C=O) groups is 3. The van der Waals surface area contributed by atoms with E-state index in [0.29, 0.717) is 0 Å². The summed E-state index contributed by atoms with van der Waals surface area (Å²) < 4.78 is 4.80. The monoisotopic (exact) mass is 334 g/mol. The van der Waals surface area contributed by atoms with Gasteiger partial charge in [0.25, 0.3) is 0 Å². The molecule has 1 aromatic carbocycles. The van der Waals surface area contributed by atoms with E-state index in [1.54, 1.807) is 4.90 Å². The van der Waals surface area contributed by atoms with Gasteiger partial charge in [0.1, 0.15) is 0 Å². The van der Waals surface area contributed by atoms with Gasteiger partial charge < -0.3 is 20.1 Å². The molecule has 1 saturated heterocycles. The minimum atomic E-state index is -1.16. The zero-order valence-corrected chi connectivity index (χ0v) is 13.8. The van der Waals surface area contributed by atoms with Gasteiger partial charge in [-0.15, -0.1) is 0 Å². The van der Waals surface area contributed by atoms with Crippen LogP contribution in [0.25, 0.3) is 0 Å². The molecule has 2 rings (SSSR count). The molecule has 1 heterocycles. The molecule has 0 radical (unpaired) electrons. The van der Waals surface area contributed by atoms with E-state index >= 15 is 0 Å². The first-order valence-corrected chi connectivity index (χ1v) is 7.88. The van der Waals surface area contributed by atoms with Crippen molar-refractivity contribution in [2.24, 2.45) is 5.92 Å². The smallest absolute Gasteiger partial charge is 0.328 e. The number of benzene rings is 1. The number of rotatable bonds is 7. The molecule has 7 heteroatoms. The predicted octanol–water partition coefficient (Wildman–Crippen LogP) is 0.818. The highest BCUT2D eigenvalue weighted by Gasteiger charge is 2.37. The number of hydrogen-bond acceptors (Lipinski definition) is 4. The Bertz CT molecular complexity index is 631. The molecule has 1 aromatic rings. The summed E-state index contributed by atoms with van der Waals surface area (Å²) in [6.07, 6.45) is 0.856. The number of carboxylic acids is 1. The van der Waals surface area contributed by atoms with Crippen LogP contribution in [0, 0.1) is 5.92 Å². The van der Waals surface area contributed by atoms with Crippen molar-refractivity contribution in [2.45, 2.75) is 25.8 Å². The number of hydrogen-bond donors (Lipinski definition) is 2. The third-order valence-corrected chi connectivity index (χ3v) is 4.11. The first-order chi connectivity index (χ1) is 11.5. The first-order valence-electron chi connectivity index (χ1n) is 7.88. The predicted molar refractivity (Wildman–Crippen MR) is 87.7 cm³/mol. The Labute approximate surface area is 140 Å². The van der Waals surface area contributed by atoms with Crippen LogP contribution in [0.5, 0.6) is 0 Å². The van der Waals surface area contributed by atoms with Crippen LogP contribution in [-0.4, -0.2) is 49.2 Å². The average molecular weight is 334 g/mol. The summed E-state index contributed by atoms with van der Waals surface area (Å²) in [6, 6.07) is 6.47. The highest BCUT2D eigenvalue weighted by Crippen LogP contribution is 2.28. The number of aliphatic carboxylic acids is 1. The molecule has 0 aromatic heterocycles. The van der Waals surface area contributed by atoms with Gasteiger partial charge in [-0.1, -0.05) is 25.1 Å². The van der Waals surface area contributed by atoms with Gasteiger partial charge in [0.05, 0.1) is 12.5 Å². The lowest BCUT2D eigenvalue weighted by Gasteiger charge is -2.20. The fourth-order valence-corrected chi connectivity index (χ4v) is 2.82. The van der Waals surface area contributed by atoms with Crippen molar-refractivity contribution in [3.05, 3.63) is 29.8 Å². The van der Waals surface area contributed by atoms with Crippen LogP contribution in [0.2, 0.25) is 0 Å². The highest BCUT2D eigenvalue weighted by atomic mass is 16.5. The zero-order chi connectivity index (χ0) is 17.7. The fourth-order valence-electron chi connectivity index (χ4n) is 2.82. The van der Waals surface area contributed by atoms with E-state index in [0.717, 1.165) is 17.7 Å². The summed E-state index contributed by atoms with van der Waals surface area (Å²) in [5, 5.41) is 11.5. The van der Waals surface area contributed by atoms with Crippen LogP contribution >= 0.6 is 0 Å². The Morgan fingerprint density at radius 2 is 2.12 bits per heavy atom. The number of aryl methyl sites for hydroxylation is 1. The maximum Gasteiger partial charge on any atom is 0.328 e. The summed E-state index contributed by atoms with van der Waals surface area (Å²) in [5.74, 6) is -2.30. The van der Waals surface area contributed by atoms with Crippen LogP contribution < -0.4 is 10.2 Å². The highest BCUT2D eigenvalue weighted by molar-refractivity contribution is 6.01. The summed E-state index contributed by atoms with van der Waals surface area (Å²) >= 11 is 0. The minimum absolute atomic E-state index is 0.0726. The molecule has 1 aliphatic heterocycles. The number of amides is 2. The standard InChI is InChI=1S/C17H22N2O5/c1-3-11-6-4-5-7-14(11)19-9-12(8-15(19)20)16(21)18-13(10-24-2)17(22)23/h4-7,12-13H,3,8-10H2,1-2H3,(H,18,21)(H,22,23). The topological polar surface area (TPSA) is 95.9 Å². The van der Waals surface area contributed by atoms with E-state index < -0.39 is 23.8 Å². The van der Waals surface area contributed by atoms with Crippen LogP contribution in [0.15, 0.2) is 24.3 Å². The Kier molecular flexibility index (Phi) is 5.92. The summed E-state index contributed by atoms with van der Waals surface area (Å²) in [5.41, 5.74) is 1.85. The van der Waals surface area contributed by atoms with Gasteiger partial charge in [-0.05, 0) is 18.1 Å². The van der Waals surface area contributed by atoms with Crippen molar-refractivity contribution in [3.63, 3.8) is 0 Å². The maximum atomic E-state index is 12.3. The number of carboxylic acid groups (broad SMARTS) is 1. The van der Waals surface area contributed by atoms with Crippen molar-refractivity contribution >= 4 is 23.5 Å². The summed E-state index contributed by atoms with van der Waals surface area (Å²) in [4.78, 5) is 37.3. The molecule has 0 aliphatic carbocycles. The Balaban J connectivity index is 2.08. The quantitative estimate of drug-likeness (QED) is 0.769. The molecule has 2 amide bonds. The lowest BCUT2D eigenvalue weighted by molar-refractivity contribution is -0.143. The van der Waals surface area contributed by atoms with Gasteiger partial charge in [0.2, 0.25) is 11.8 Å². The van der Waals surface area contributed by atoms with Crippen molar-refractivity contribution in [1.29, 1.82) is 0 Å². The molecule has 0 bridgehead atoms. The summed E-state index contributed by atoms with van der Waals surface area (Å²) in [6.45, 7) is 2.14. The Morgan fingerprint density at radius 1 is 1.42 bits per heavy atom. The number of methoxy groups -OCH3 is 1. The van der Waals surface area contributed by atoms with E-state index in [9.17, 15) is 14.4 Å². The SMILES string of the molecule is CCc1ccccc1N1CC(C(=O)NC(COC)C(=O)O)CC1=O. The molecular weight excluding hydrogens is 312 g/mol. The van der Waals surface area contributed by atoms with Gasteiger partial charge >= 0.3 is 5.97 Å². The molecule has 130 valence electrons. The number of nitrogens with one attached hydrogen (secondary N) is 1. The molecule has 24 heavy (non-hydrogen) atoms. The molecule has 2 N–H and O–H groups in total. The molecule has 1 fully saturated rings. The second kappa shape index (κ2) is 7.92. The Hall–Kier alpha value is -2.41. The minimum Gasteiger partial charge on any atom is -0.480 e. The largest absolute Gasteiger partial charge is 0.480 e. The van der Waals surface area contributed by atoms with E-state index in [-0.39, 0.29) is 25.5 Å². The van der Waals surface area contributed by atoms with E-state index in [1.807, 2.05) is 31.2 Å². The molecule has 2 unspecified atom stereocenters. The van der Waals surface area contributed by atoms with Crippen LogP contribution in [0.3, 0.4) is 0 Å². The molecule has 2 atom stereocenters. The third kappa shape index (κ3) is 3.91. The van der Waals surface area contributed by atoms with Gasteiger partial charge in [-0.3, -0.25) is 9.59 Å². The number of anilines is 1. The van der Waals surface area contributed by atoms with Crippen molar-refractivity contribution in [3.8, 4) is 0 Å². The van der Waals surface area contributed by atoms with Crippen molar-refractivity contribution in [2.75, 3.05) is 25.2 Å². The molecular formula is C17H22N2O5. The van der Waals surface area contributed by atoms with Crippen LogP contribution in [-0.2, 0) is 25.5 Å². The lowest BCUT2D eigenvalue weighted by atomic mass is 10.1. The zero-order valence-electron chi connectivity index (χ0n) is 13.8. The van der Waals surface area contributed by atoms with E-state index in [2.05, 4.69) is 5.32 Å². The average Bonchev–Trinajstić information content (AvgIpc) is 2.96. The van der Waals surface area contributed by atoms with Crippen LogP contribution in [0.4, 0.5) is 5.69 Å². The number of ether oxygens (including phenoxy) is 1. The molecule has 7 nitrogen and oxygen atoms in total. The van der Waals surface area contributed by atoms with Crippen molar-refractivity contribution in [1.82, 2.24) is 5.32 Å². The van der Waals surface area contributed by atoms with Gasteiger partial charge in [0, 0.05) is 25.8 Å². The van der Waals surface area contributed by atoms with Crippen molar-refractivity contribution < 1.29 is 24.2 Å². The van der Waals surface area contributed by atoms with Gasteiger partial charge in [-0.25, -0.2) is 4.79 Å². The number of carbonyl (C=O) groups excluding carboxylic acids is 2. The second-order valence-electron chi connectivity index (χ2n) is 5.74. The van der Waals surface area contributed by atoms with Gasteiger partial charge in [0.15, 0.2) is 6.04 Å². The second-order valence-corrected chi connectivity index (χ2v) is 5.74. The lowest BCUT2D eigenvalue weighted by Crippen LogP contribution is -2.46. The van der Waals surface area contributed by atoms with E-state index in [1.165, 1.54) is 7.11 Å². The van der Waals surface area contributed by atoms with Crippen LogP contribution in [0.1, 0.15) is 18.9 Å². The number of nitrogens with zero attached hydrogens (tertiary/aromatic N) is 1. The Morgan fingerprint density at radius 3 is 2.75 bits per heavy atom. The third-order valence-electron chi connectivity index (χ3n) is 4.11.